The van der Waals surface area contributed by atoms with Crippen LogP contribution in [0.25, 0.3) is 0 Å². The van der Waals surface area contributed by atoms with E-state index in [1.807, 2.05) is 4.68 Å². The minimum atomic E-state index is 0.581. The molecule has 3 rings (SSSR count). The third-order valence-electron chi connectivity index (χ3n) is 4.65. The lowest BCUT2D eigenvalue weighted by atomic mass is 9.83. The molecular weight excluding hydrogens is 236 g/mol. The second kappa shape index (κ2) is 5.43. The Labute approximate surface area is 116 Å². The number of aryl methyl sites for hydroxylation is 2. The molecule has 1 fully saturated rings. The van der Waals surface area contributed by atoms with Crippen LogP contribution in [-0.2, 0) is 13.5 Å². The highest BCUT2D eigenvalue weighted by Crippen LogP contribution is 2.35. The molecule has 2 aliphatic rings. The van der Waals surface area contributed by atoms with Gasteiger partial charge in [-0.15, -0.1) is 0 Å². The highest BCUT2D eigenvalue weighted by molar-refractivity contribution is 5.70. The molecule has 0 aromatic carbocycles. The predicted molar refractivity (Wildman–Crippen MR) is 79.7 cm³/mol. The van der Waals surface area contributed by atoms with Crippen LogP contribution < -0.4 is 10.6 Å². The van der Waals surface area contributed by atoms with Crippen molar-refractivity contribution >= 4 is 11.5 Å². The number of hydrogen-bond acceptors (Lipinski definition) is 3. The number of aromatic nitrogens is 2. The van der Waals surface area contributed by atoms with E-state index in [2.05, 4.69) is 29.7 Å². The summed E-state index contributed by atoms with van der Waals surface area (Å²) < 4.78 is 2.02. The average molecular weight is 262 g/mol. The Morgan fingerprint density at radius 3 is 2.79 bits per heavy atom. The van der Waals surface area contributed by atoms with Crippen molar-refractivity contribution in [3.05, 3.63) is 5.69 Å². The zero-order valence-corrected chi connectivity index (χ0v) is 12.2. The lowest BCUT2D eigenvalue weighted by Crippen LogP contribution is -2.40. The van der Waals surface area contributed by atoms with E-state index in [1.54, 1.807) is 0 Å². The van der Waals surface area contributed by atoms with Crippen LogP contribution >= 0.6 is 0 Å². The minimum Gasteiger partial charge on any atom is -0.378 e. The molecule has 0 spiro atoms. The van der Waals surface area contributed by atoms with Crippen LogP contribution in [0.5, 0.6) is 0 Å². The van der Waals surface area contributed by atoms with Crippen molar-refractivity contribution < 1.29 is 0 Å². The number of nitrogens with one attached hydrogen (secondary N) is 2. The summed E-state index contributed by atoms with van der Waals surface area (Å²) in [5.41, 5.74) is 2.46. The van der Waals surface area contributed by atoms with E-state index in [0.717, 1.165) is 25.3 Å². The molecule has 106 valence electrons. The molecule has 1 aromatic heterocycles. The first-order valence-corrected chi connectivity index (χ1v) is 7.86. The fourth-order valence-corrected chi connectivity index (χ4v) is 3.60. The molecule has 0 bridgehead atoms. The largest absolute Gasteiger partial charge is 0.378 e. The zero-order chi connectivity index (χ0) is 13.2. The van der Waals surface area contributed by atoms with Crippen molar-refractivity contribution in [1.82, 2.24) is 9.78 Å². The summed E-state index contributed by atoms with van der Waals surface area (Å²) in [7, 11) is 2.05. The van der Waals surface area contributed by atoms with Crippen LogP contribution in [-0.4, -0.2) is 22.4 Å². The highest BCUT2D eigenvalue weighted by Gasteiger charge is 2.29. The third-order valence-corrected chi connectivity index (χ3v) is 4.65. The van der Waals surface area contributed by atoms with Gasteiger partial charge in [0.15, 0.2) is 0 Å². The maximum atomic E-state index is 4.65. The van der Waals surface area contributed by atoms with Gasteiger partial charge in [0.2, 0.25) is 0 Å². The number of nitrogens with zero attached hydrogens (tertiary/aromatic N) is 2. The minimum absolute atomic E-state index is 0.581. The molecule has 2 heterocycles. The monoisotopic (exact) mass is 262 g/mol. The molecule has 0 amide bonds. The zero-order valence-electron chi connectivity index (χ0n) is 12.2. The van der Waals surface area contributed by atoms with Crippen molar-refractivity contribution in [1.29, 1.82) is 0 Å². The van der Waals surface area contributed by atoms with Crippen LogP contribution in [0.4, 0.5) is 11.5 Å². The first-order valence-electron chi connectivity index (χ1n) is 7.86. The van der Waals surface area contributed by atoms with E-state index in [0.29, 0.717) is 6.04 Å². The van der Waals surface area contributed by atoms with Gasteiger partial charge < -0.3 is 10.6 Å². The number of fused-ring (bicyclic) bond motifs is 1. The summed E-state index contributed by atoms with van der Waals surface area (Å²) in [6.45, 7) is 3.27. The van der Waals surface area contributed by atoms with Gasteiger partial charge in [0.05, 0.1) is 5.69 Å². The van der Waals surface area contributed by atoms with E-state index in [-0.39, 0.29) is 0 Å². The molecule has 4 heteroatoms. The molecule has 4 nitrogen and oxygen atoms in total. The quantitative estimate of drug-likeness (QED) is 0.879. The summed E-state index contributed by atoms with van der Waals surface area (Å²) >= 11 is 0. The SMILES string of the molecule is CCCc1nn(C)c2c1NCC(C1CCCCC1)N2. The van der Waals surface area contributed by atoms with Gasteiger partial charge in [0.25, 0.3) is 0 Å². The summed E-state index contributed by atoms with van der Waals surface area (Å²) in [6, 6.07) is 0.581. The molecule has 1 atom stereocenters. The van der Waals surface area contributed by atoms with Crippen molar-refractivity contribution in [3.63, 3.8) is 0 Å². The Balaban J connectivity index is 1.76. The highest BCUT2D eigenvalue weighted by atomic mass is 15.4. The Kier molecular flexibility index (Phi) is 3.67. The van der Waals surface area contributed by atoms with Gasteiger partial charge >= 0.3 is 0 Å². The van der Waals surface area contributed by atoms with Crippen molar-refractivity contribution in [2.45, 2.75) is 57.9 Å². The van der Waals surface area contributed by atoms with Crippen molar-refractivity contribution in [3.8, 4) is 0 Å². The molecule has 1 aliphatic carbocycles. The van der Waals surface area contributed by atoms with Gasteiger partial charge in [-0.2, -0.15) is 5.10 Å². The van der Waals surface area contributed by atoms with Gasteiger partial charge in [0, 0.05) is 19.6 Å². The van der Waals surface area contributed by atoms with E-state index in [9.17, 15) is 0 Å². The Morgan fingerprint density at radius 2 is 2.05 bits per heavy atom. The van der Waals surface area contributed by atoms with Crippen LogP contribution in [0.15, 0.2) is 0 Å². The number of hydrogen-bond donors (Lipinski definition) is 2. The van der Waals surface area contributed by atoms with Crippen molar-refractivity contribution in [2.24, 2.45) is 13.0 Å². The predicted octanol–water partition coefficient (Wildman–Crippen LogP) is 3.16. The summed E-state index contributed by atoms with van der Waals surface area (Å²) in [5.74, 6) is 2.03. The van der Waals surface area contributed by atoms with Gasteiger partial charge in [-0.25, -0.2) is 0 Å². The topological polar surface area (TPSA) is 41.9 Å². The lowest BCUT2D eigenvalue weighted by Gasteiger charge is -2.35. The summed E-state index contributed by atoms with van der Waals surface area (Å²) in [6.07, 6.45) is 9.21. The van der Waals surface area contributed by atoms with Crippen LogP contribution in [0.3, 0.4) is 0 Å². The molecule has 0 saturated heterocycles. The fourth-order valence-electron chi connectivity index (χ4n) is 3.60. The maximum Gasteiger partial charge on any atom is 0.148 e. The Bertz CT molecular complexity index is 432. The summed E-state index contributed by atoms with van der Waals surface area (Å²) in [5, 5.41) is 12.0. The van der Waals surface area contributed by atoms with Gasteiger partial charge in [0.1, 0.15) is 11.5 Å². The molecule has 1 unspecified atom stereocenters. The normalized spacial score (nSPS) is 23.6. The molecule has 19 heavy (non-hydrogen) atoms. The van der Waals surface area contributed by atoms with Gasteiger partial charge in [-0.1, -0.05) is 32.6 Å². The molecule has 1 aliphatic heterocycles. The molecule has 1 saturated carbocycles. The van der Waals surface area contributed by atoms with Crippen LogP contribution in [0.1, 0.15) is 51.1 Å². The molecular formula is C15H26N4. The Hall–Kier alpha value is -1.19. The van der Waals surface area contributed by atoms with Crippen LogP contribution in [0, 0.1) is 5.92 Å². The first-order chi connectivity index (χ1) is 9.29. The van der Waals surface area contributed by atoms with E-state index < -0.39 is 0 Å². The molecule has 1 aromatic rings. The number of anilines is 2. The van der Waals surface area contributed by atoms with Crippen LogP contribution in [0.2, 0.25) is 0 Å². The second-order valence-electron chi connectivity index (χ2n) is 6.07. The van der Waals surface area contributed by atoms with E-state index >= 15 is 0 Å². The standard InChI is InChI=1S/C15H26N4/c1-3-7-12-14-15(19(2)18-12)17-13(10-16-14)11-8-5-4-6-9-11/h11,13,16-17H,3-10H2,1-2H3. The third kappa shape index (κ3) is 2.45. The first kappa shape index (κ1) is 12.8. The molecule has 0 radical (unpaired) electrons. The maximum absolute atomic E-state index is 4.65. The van der Waals surface area contributed by atoms with E-state index in [1.165, 1.54) is 49.3 Å². The van der Waals surface area contributed by atoms with E-state index in [4.69, 9.17) is 0 Å². The second-order valence-corrected chi connectivity index (χ2v) is 6.07. The molecule has 2 N–H and O–H groups in total. The van der Waals surface area contributed by atoms with Crippen molar-refractivity contribution in [2.75, 3.05) is 17.2 Å². The van der Waals surface area contributed by atoms with Gasteiger partial charge in [-0.05, 0) is 25.2 Å². The Morgan fingerprint density at radius 1 is 1.26 bits per heavy atom. The average Bonchev–Trinajstić information content (AvgIpc) is 2.77. The smallest absolute Gasteiger partial charge is 0.148 e. The lowest BCUT2D eigenvalue weighted by molar-refractivity contribution is 0.321. The number of rotatable bonds is 3. The fraction of sp³-hybridized carbons (Fsp3) is 0.800. The van der Waals surface area contributed by atoms with Gasteiger partial charge in [-0.3, -0.25) is 4.68 Å². The summed E-state index contributed by atoms with van der Waals surface area (Å²) in [4.78, 5) is 0.